The van der Waals surface area contributed by atoms with Crippen LogP contribution < -0.4 is 0 Å². The van der Waals surface area contributed by atoms with Gasteiger partial charge >= 0.3 is 0 Å². The topological polar surface area (TPSA) is 0 Å². The predicted molar refractivity (Wildman–Crippen MR) is 74.2 cm³/mol. The van der Waals surface area contributed by atoms with Crippen LogP contribution in [0, 0.1) is 5.92 Å². The number of hydrogen-bond donors (Lipinski definition) is 0. The molecule has 16 heavy (non-hydrogen) atoms. The van der Waals surface area contributed by atoms with E-state index in [-0.39, 0.29) is 0 Å². The molecule has 1 aliphatic carbocycles. The van der Waals surface area contributed by atoms with E-state index in [0.29, 0.717) is 5.38 Å². The van der Waals surface area contributed by atoms with Crippen LogP contribution in [0.4, 0.5) is 0 Å². The smallest absolute Gasteiger partial charge is 0.0338 e. The van der Waals surface area contributed by atoms with Gasteiger partial charge in [-0.15, -0.1) is 11.6 Å². The molecule has 2 atom stereocenters. The Morgan fingerprint density at radius 2 is 1.62 bits per heavy atom. The van der Waals surface area contributed by atoms with Crippen LogP contribution in [0.3, 0.4) is 0 Å². The molecule has 0 aromatic rings. The van der Waals surface area contributed by atoms with Crippen LogP contribution in [0.1, 0.15) is 84.0 Å². The van der Waals surface area contributed by atoms with E-state index in [1.54, 1.807) is 0 Å². The highest BCUT2D eigenvalue weighted by Gasteiger charge is 2.19. The van der Waals surface area contributed by atoms with Crippen LogP contribution in [0.2, 0.25) is 0 Å². The summed E-state index contributed by atoms with van der Waals surface area (Å²) >= 11 is 6.21. The maximum Gasteiger partial charge on any atom is 0.0338 e. The molecule has 1 aliphatic rings. The van der Waals surface area contributed by atoms with Gasteiger partial charge in [0.05, 0.1) is 0 Å². The zero-order valence-corrected chi connectivity index (χ0v) is 11.8. The van der Waals surface area contributed by atoms with Crippen LogP contribution in [-0.2, 0) is 0 Å². The Bertz CT molecular complexity index is 156. The van der Waals surface area contributed by atoms with Gasteiger partial charge in [-0.05, 0) is 18.8 Å². The number of rotatable bonds is 8. The van der Waals surface area contributed by atoms with Gasteiger partial charge in [0.2, 0.25) is 0 Å². The number of unbranched alkanes of at least 4 members (excludes halogenated alkanes) is 6. The summed E-state index contributed by atoms with van der Waals surface area (Å²) in [6, 6.07) is 0. The molecular formula is C15H29Cl. The van der Waals surface area contributed by atoms with Crippen LogP contribution in [0.25, 0.3) is 0 Å². The average molecular weight is 245 g/mol. The highest BCUT2D eigenvalue weighted by atomic mass is 35.5. The third-order valence-corrected chi connectivity index (χ3v) is 4.33. The molecule has 2 unspecified atom stereocenters. The summed E-state index contributed by atoms with van der Waals surface area (Å²) in [4.78, 5) is 0. The Morgan fingerprint density at radius 3 is 2.31 bits per heavy atom. The first kappa shape index (κ1) is 14.4. The van der Waals surface area contributed by atoms with E-state index in [1.165, 1.54) is 77.0 Å². The van der Waals surface area contributed by atoms with Crippen molar-refractivity contribution in [2.24, 2.45) is 5.92 Å². The van der Waals surface area contributed by atoms with E-state index < -0.39 is 0 Å². The molecule has 0 radical (unpaired) electrons. The lowest BCUT2D eigenvalue weighted by Gasteiger charge is -2.25. The Balaban J connectivity index is 1.86. The lowest BCUT2D eigenvalue weighted by atomic mass is 9.85. The molecule has 0 aromatic heterocycles. The minimum atomic E-state index is 0.489. The largest absolute Gasteiger partial charge is 0.123 e. The lowest BCUT2D eigenvalue weighted by molar-refractivity contribution is 0.332. The summed E-state index contributed by atoms with van der Waals surface area (Å²) in [6.45, 7) is 2.28. The maximum atomic E-state index is 6.21. The number of halogens is 1. The van der Waals surface area contributed by atoms with Crippen LogP contribution in [-0.4, -0.2) is 5.38 Å². The molecule has 1 heteroatoms. The van der Waals surface area contributed by atoms with Crippen LogP contribution in [0.5, 0.6) is 0 Å². The normalized spacial score (nSPS) is 25.9. The average Bonchev–Trinajstić information content (AvgIpc) is 2.28. The Labute approximate surface area is 107 Å². The van der Waals surface area contributed by atoms with Crippen molar-refractivity contribution in [3.05, 3.63) is 0 Å². The summed E-state index contributed by atoms with van der Waals surface area (Å²) in [7, 11) is 0. The predicted octanol–water partition coefficient (Wildman–Crippen LogP) is 5.92. The second-order valence-corrected chi connectivity index (χ2v) is 6.16. The number of hydrogen-bond acceptors (Lipinski definition) is 0. The van der Waals surface area contributed by atoms with Crippen molar-refractivity contribution in [1.82, 2.24) is 0 Å². The van der Waals surface area contributed by atoms with E-state index in [4.69, 9.17) is 11.6 Å². The molecule has 0 saturated heterocycles. The van der Waals surface area contributed by atoms with Gasteiger partial charge in [-0.2, -0.15) is 0 Å². The summed E-state index contributed by atoms with van der Waals surface area (Å²) < 4.78 is 0. The van der Waals surface area contributed by atoms with Gasteiger partial charge in [-0.1, -0.05) is 71.1 Å². The molecule has 0 bridgehead atoms. The van der Waals surface area contributed by atoms with Crippen molar-refractivity contribution in [3.63, 3.8) is 0 Å². The maximum absolute atomic E-state index is 6.21. The molecule has 1 rings (SSSR count). The standard InChI is InChI=1S/C15H29Cl/c1-2-3-4-5-6-7-8-10-14-11-9-12-15(16)13-14/h14-15H,2-13H2,1H3. The van der Waals surface area contributed by atoms with Crippen molar-refractivity contribution in [2.45, 2.75) is 89.4 Å². The number of alkyl halides is 1. The van der Waals surface area contributed by atoms with Gasteiger partial charge in [-0.25, -0.2) is 0 Å². The van der Waals surface area contributed by atoms with Crippen molar-refractivity contribution < 1.29 is 0 Å². The molecule has 0 aliphatic heterocycles. The summed E-state index contributed by atoms with van der Waals surface area (Å²) in [5, 5.41) is 0.489. The van der Waals surface area contributed by atoms with Crippen molar-refractivity contribution in [2.75, 3.05) is 0 Å². The van der Waals surface area contributed by atoms with E-state index in [0.717, 1.165) is 5.92 Å². The highest BCUT2D eigenvalue weighted by Crippen LogP contribution is 2.31. The monoisotopic (exact) mass is 244 g/mol. The molecule has 96 valence electrons. The van der Waals surface area contributed by atoms with Gasteiger partial charge in [-0.3, -0.25) is 0 Å². The van der Waals surface area contributed by atoms with Crippen LogP contribution in [0.15, 0.2) is 0 Å². The van der Waals surface area contributed by atoms with E-state index >= 15 is 0 Å². The third kappa shape index (κ3) is 6.78. The van der Waals surface area contributed by atoms with E-state index in [1.807, 2.05) is 0 Å². The summed E-state index contributed by atoms with van der Waals surface area (Å²) in [6.07, 6.45) is 16.8. The molecule has 0 heterocycles. The zero-order chi connectivity index (χ0) is 11.6. The van der Waals surface area contributed by atoms with Gasteiger partial charge < -0.3 is 0 Å². The van der Waals surface area contributed by atoms with Crippen molar-refractivity contribution >= 4 is 11.6 Å². The van der Waals surface area contributed by atoms with E-state index in [9.17, 15) is 0 Å². The Kier molecular flexibility index (Phi) is 8.37. The second-order valence-electron chi connectivity index (χ2n) is 5.54. The highest BCUT2D eigenvalue weighted by molar-refractivity contribution is 6.20. The van der Waals surface area contributed by atoms with Gasteiger partial charge in [0.1, 0.15) is 0 Å². The third-order valence-electron chi connectivity index (χ3n) is 3.93. The molecule has 0 spiro atoms. The summed E-state index contributed by atoms with van der Waals surface area (Å²) in [5.74, 6) is 0.951. The Hall–Kier alpha value is 0.290. The van der Waals surface area contributed by atoms with Gasteiger partial charge in [0, 0.05) is 5.38 Å². The first-order valence-corrected chi connectivity index (χ1v) is 7.90. The molecule has 0 nitrogen and oxygen atoms in total. The minimum absolute atomic E-state index is 0.489. The lowest BCUT2D eigenvalue weighted by Crippen LogP contribution is -2.15. The minimum Gasteiger partial charge on any atom is -0.123 e. The fourth-order valence-electron chi connectivity index (χ4n) is 2.88. The summed E-state index contributed by atoms with van der Waals surface area (Å²) in [5.41, 5.74) is 0. The molecular weight excluding hydrogens is 216 g/mol. The molecule has 1 saturated carbocycles. The SMILES string of the molecule is CCCCCCCCCC1CCCC(Cl)C1. The quantitative estimate of drug-likeness (QED) is 0.367. The van der Waals surface area contributed by atoms with E-state index in [2.05, 4.69) is 6.92 Å². The molecule has 0 amide bonds. The van der Waals surface area contributed by atoms with Gasteiger partial charge in [0.25, 0.3) is 0 Å². The fourth-order valence-corrected chi connectivity index (χ4v) is 3.28. The fraction of sp³-hybridized carbons (Fsp3) is 1.00. The second kappa shape index (κ2) is 9.33. The Morgan fingerprint density at radius 1 is 0.938 bits per heavy atom. The zero-order valence-electron chi connectivity index (χ0n) is 11.0. The van der Waals surface area contributed by atoms with Crippen LogP contribution >= 0.6 is 11.6 Å². The molecule has 1 fully saturated rings. The molecule has 0 aromatic carbocycles. The van der Waals surface area contributed by atoms with Crippen molar-refractivity contribution in [3.8, 4) is 0 Å². The first-order chi connectivity index (χ1) is 7.83. The van der Waals surface area contributed by atoms with Gasteiger partial charge in [0.15, 0.2) is 0 Å². The first-order valence-electron chi connectivity index (χ1n) is 7.47. The molecule has 0 N–H and O–H groups in total. The van der Waals surface area contributed by atoms with Crippen molar-refractivity contribution in [1.29, 1.82) is 0 Å².